The zero-order chi connectivity index (χ0) is 9.26. The van der Waals surface area contributed by atoms with Crippen LogP contribution in [0.3, 0.4) is 0 Å². The van der Waals surface area contributed by atoms with E-state index in [-0.39, 0.29) is 6.10 Å². The fourth-order valence-electron chi connectivity index (χ4n) is 1.69. The summed E-state index contributed by atoms with van der Waals surface area (Å²) < 4.78 is 1.07. The average Bonchev–Trinajstić information content (AvgIpc) is 2.02. The lowest BCUT2D eigenvalue weighted by Crippen LogP contribution is -2.19. The van der Waals surface area contributed by atoms with E-state index in [1.165, 1.54) is 19.3 Å². The highest BCUT2D eigenvalue weighted by Crippen LogP contribution is 2.37. The van der Waals surface area contributed by atoms with Crippen LogP contribution in [0.2, 0.25) is 0 Å². The van der Waals surface area contributed by atoms with Crippen LogP contribution < -0.4 is 0 Å². The molecule has 1 nitrogen and oxygen atoms in total. The molecular formula is C11H13BrO. The van der Waals surface area contributed by atoms with Crippen molar-refractivity contribution in [3.05, 3.63) is 34.3 Å². The standard InChI is InChI=1S/C11H13BrO/c12-10-6-4-9(5-7-10)11(13)8-2-1-3-8/h4-8,11,13H,1-3H2/t11-/m0/s1. The van der Waals surface area contributed by atoms with Crippen molar-refractivity contribution < 1.29 is 5.11 Å². The first-order valence-electron chi connectivity index (χ1n) is 4.71. The SMILES string of the molecule is O[C@H](c1ccc(Br)cc1)C1CCC1. The van der Waals surface area contributed by atoms with Gasteiger partial charge >= 0.3 is 0 Å². The van der Waals surface area contributed by atoms with Gasteiger partial charge in [0.15, 0.2) is 0 Å². The fraction of sp³-hybridized carbons (Fsp3) is 0.455. The molecule has 0 saturated heterocycles. The Morgan fingerprint density at radius 1 is 1.23 bits per heavy atom. The molecule has 0 bridgehead atoms. The third kappa shape index (κ3) is 1.94. The highest BCUT2D eigenvalue weighted by molar-refractivity contribution is 9.10. The molecule has 1 aliphatic rings. The number of halogens is 1. The van der Waals surface area contributed by atoms with Crippen LogP contribution in [0.15, 0.2) is 28.7 Å². The van der Waals surface area contributed by atoms with Gasteiger partial charge in [0.25, 0.3) is 0 Å². The first-order chi connectivity index (χ1) is 6.27. The van der Waals surface area contributed by atoms with E-state index in [1.54, 1.807) is 0 Å². The van der Waals surface area contributed by atoms with E-state index in [9.17, 15) is 5.11 Å². The van der Waals surface area contributed by atoms with E-state index in [0.717, 1.165) is 10.0 Å². The van der Waals surface area contributed by atoms with E-state index < -0.39 is 0 Å². The molecule has 0 aromatic heterocycles. The number of benzene rings is 1. The van der Waals surface area contributed by atoms with Gasteiger partial charge in [-0.05, 0) is 36.5 Å². The van der Waals surface area contributed by atoms with Crippen molar-refractivity contribution in [3.8, 4) is 0 Å². The summed E-state index contributed by atoms with van der Waals surface area (Å²) in [5.41, 5.74) is 1.05. The second-order valence-electron chi connectivity index (χ2n) is 3.69. The zero-order valence-corrected chi connectivity index (χ0v) is 9.00. The smallest absolute Gasteiger partial charge is 0.0818 e. The molecule has 0 unspecified atom stereocenters. The number of hydrogen-bond donors (Lipinski definition) is 1. The van der Waals surface area contributed by atoms with E-state index in [2.05, 4.69) is 15.9 Å². The summed E-state index contributed by atoms with van der Waals surface area (Å²) in [6.45, 7) is 0. The van der Waals surface area contributed by atoms with Crippen molar-refractivity contribution in [1.29, 1.82) is 0 Å². The number of rotatable bonds is 2. The van der Waals surface area contributed by atoms with Crippen LogP contribution >= 0.6 is 15.9 Å². The maximum absolute atomic E-state index is 9.92. The van der Waals surface area contributed by atoms with Gasteiger partial charge < -0.3 is 5.11 Å². The molecule has 1 aliphatic carbocycles. The van der Waals surface area contributed by atoms with Crippen molar-refractivity contribution in [3.63, 3.8) is 0 Å². The first-order valence-corrected chi connectivity index (χ1v) is 5.50. The van der Waals surface area contributed by atoms with Crippen LogP contribution in [-0.2, 0) is 0 Å². The van der Waals surface area contributed by atoms with Crippen molar-refractivity contribution in [1.82, 2.24) is 0 Å². The average molecular weight is 241 g/mol. The molecule has 1 saturated carbocycles. The van der Waals surface area contributed by atoms with Crippen LogP contribution in [0.1, 0.15) is 30.9 Å². The minimum absolute atomic E-state index is 0.248. The summed E-state index contributed by atoms with van der Waals surface area (Å²) in [4.78, 5) is 0. The molecule has 0 amide bonds. The fourth-order valence-corrected chi connectivity index (χ4v) is 1.95. The molecule has 0 heterocycles. The molecule has 1 aromatic carbocycles. The number of aliphatic hydroxyl groups excluding tert-OH is 1. The number of aliphatic hydroxyl groups is 1. The zero-order valence-electron chi connectivity index (χ0n) is 7.41. The van der Waals surface area contributed by atoms with Crippen molar-refractivity contribution in [2.75, 3.05) is 0 Å². The van der Waals surface area contributed by atoms with Gasteiger partial charge in [-0.25, -0.2) is 0 Å². The van der Waals surface area contributed by atoms with Crippen LogP contribution in [0, 0.1) is 5.92 Å². The summed E-state index contributed by atoms with van der Waals surface area (Å²) >= 11 is 3.38. The van der Waals surface area contributed by atoms with Gasteiger partial charge in [-0.2, -0.15) is 0 Å². The number of hydrogen-bond acceptors (Lipinski definition) is 1. The molecule has 1 atom stereocenters. The topological polar surface area (TPSA) is 20.2 Å². The molecule has 1 fully saturated rings. The highest BCUT2D eigenvalue weighted by Gasteiger charge is 2.26. The van der Waals surface area contributed by atoms with Crippen LogP contribution in [0.4, 0.5) is 0 Å². The van der Waals surface area contributed by atoms with Crippen LogP contribution in [-0.4, -0.2) is 5.11 Å². The molecule has 13 heavy (non-hydrogen) atoms. The minimum atomic E-state index is -0.248. The molecular weight excluding hydrogens is 228 g/mol. The van der Waals surface area contributed by atoms with E-state index in [0.29, 0.717) is 5.92 Å². The Labute approximate surface area is 86.9 Å². The van der Waals surface area contributed by atoms with Gasteiger partial charge in [0.05, 0.1) is 6.10 Å². The second kappa shape index (κ2) is 3.81. The van der Waals surface area contributed by atoms with Gasteiger partial charge in [-0.1, -0.05) is 34.5 Å². The molecule has 0 aliphatic heterocycles. The van der Waals surface area contributed by atoms with Gasteiger partial charge in [0.1, 0.15) is 0 Å². The maximum Gasteiger partial charge on any atom is 0.0818 e. The van der Waals surface area contributed by atoms with Gasteiger partial charge in [-0.3, -0.25) is 0 Å². The highest BCUT2D eigenvalue weighted by atomic mass is 79.9. The lowest BCUT2D eigenvalue weighted by atomic mass is 9.79. The molecule has 0 spiro atoms. The molecule has 2 heteroatoms. The molecule has 1 N–H and O–H groups in total. The Morgan fingerprint density at radius 3 is 2.31 bits per heavy atom. The summed E-state index contributed by atoms with van der Waals surface area (Å²) in [6.07, 6.45) is 3.38. The summed E-state index contributed by atoms with van der Waals surface area (Å²) in [5.74, 6) is 0.501. The monoisotopic (exact) mass is 240 g/mol. The lowest BCUT2D eigenvalue weighted by Gasteiger charge is -2.30. The summed E-state index contributed by atoms with van der Waals surface area (Å²) in [5, 5.41) is 9.92. The molecule has 0 radical (unpaired) electrons. The van der Waals surface area contributed by atoms with Gasteiger partial charge in [0, 0.05) is 4.47 Å². The molecule has 70 valence electrons. The Kier molecular flexibility index (Phi) is 2.70. The van der Waals surface area contributed by atoms with E-state index >= 15 is 0 Å². The minimum Gasteiger partial charge on any atom is -0.388 e. The van der Waals surface area contributed by atoms with E-state index in [1.807, 2.05) is 24.3 Å². The quantitative estimate of drug-likeness (QED) is 0.842. The molecule has 2 rings (SSSR count). The van der Waals surface area contributed by atoms with Gasteiger partial charge in [0.2, 0.25) is 0 Å². The third-order valence-electron chi connectivity index (χ3n) is 2.81. The third-order valence-corrected chi connectivity index (χ3v) is 3.34. The lowest BCUT2D eigenvalue weighted by molar-refractivity contribution is 0.0621. The summed E-state index contributed by atoms with van der Waals surface area (Å²) in [7, 11) is 0. The van der Waals surface area contributed by atoms with Crippen molar-refractivity contribution in [2.24, 2.45) is 5.92 Å². The Morgan fingerprint density at radius 2 is 1.85 bits per heavy atom. The Hall–Kier alpha value is -0.340. The van der Waals surface area contributed by atoms with Gasteiger partial charge in [-0.15, -0.1) is 0 Å². The van der Waals surface area contributed by atoms with E-state index in [4.69, 9.17) is 0 Å². The predicted molar refractivity (Wildman–Crippen MR) is 56.4 cm³/mol. The first kappa shape index (κ1) is 9.22. The van der Waals surface area contributed by atoms with Crippen LogP contribution in [0.5, 0.6) is 0 Å². The summed E-state index contributed by atoms with van der Waals surface area (Å²) in [6, 6.07) is 7.95. The van der Waals surface area contributed by atoms with Crippen molar-refractivity contribution >= 4 is 15.9 Å². The largest absolute Gasteiger partial charge is 0.388 e. The molecule has 1 aromatic rings. The predicted octanol–water partition coefficient (Wildman–Crippen LogP) is 3.28. The maximum atomic E-state index is 9.92. The normalized spacial score (nSPS) is 19.5. The van der Waals surface area contributed by atoms with Crippen LogP contribution in [0.25, 0.3) is 0 Å². The Balaban J connectivity index is 2.10. The second-order valence-corrected chi connectivity index (χ2v) is 4.60. The Bertz CT molecular complexity index is 277. The van der Waals surface area contributed by atoms with Crippen molar-refractivity contribution in [2.45, 2.75) is 25.4 Å².